The molecule has 0 amide bonds. The SMILES string of the molecule is CC1(C)[C@H]2CC[C@@]1(C)C[C@H]2OC(=O)C[N+](C)(C)CCO[C@@H]1C[C@H]2CC[C@@]1(C)C2(C)C. The van der Waals surface area contributed by atoms with E-state index in [1.54, 1.807) is 0 Å². The van der Waals surface area contributed by atoms with Crippen molar-refractivity contribution in [2.75, 3.05) is 33.8 Å². The van der Waals surface area contributed by atoms with Crippen LogP contribution in [-0.4, -0.2) is 56.5 Å². The Balaban J connectivity index is 1.25. The Morgan fingerprint density at radius 1 is 1.00 bits per heavy atom. The van der Waals surface area contributed by atoms with Crippen LogP contribution in [0.15, 0.2) is 0 Å². The van der Waals surface area contributed by atoms with Crippen LogP contribution < -0.4 is 0 Å². The average Bonchev–Trinajstić information content (AvgIpc) is 3.11. The molecule has 0 aliphatic heterocycles. The summed E-state index contributed by atoms with van der Waals surface area (Å²) in [4.78, 5) is 12.8. The van der Waals surface area contributed by atoms with Crippen LogP contribution in [-0.2, 0) is 14.3 Å². The fourth-order valence-corrected chi connectivity index (χ4v) is 7.79. The highest BCUT2D eigenvalue weighted by atomic mass is 16.5. The molecule has 4 fully saturated rings. The number of rotatable bonds is 7. The number of carbonyl (C=O) groups is 1. The lowest BCUT2D eigenvalue weighted by molar-refractivity contribution is -0.883. The van der Waals surface area contributed by atoms with Crippen LogP contribution in [0.3, 0.4) is 0 Å². The summed E-state index contributed by atoms with van der Waals surface area (Å²) in [6.45, 7) is 16.4. The zero-order valence-corrected chi connectivity index (χ0v) is 20.8. The zero-order valence-electron chi connectivity index (χ0n) is 20.8. The molecule has 4 heteroatoms. The largest absolute Gasteiger partial charge is 0.458 e. The van der Waals surface area contributed by atoms with E-state index in [4.69, 9.17) is 9.47 Å². The molecule has 30 heavy (non-hydrogen) atoms. The summed E-state index contributed by atoms with van der Waals surface area (Å²) < 4.78 is 13.1. The summed E-state index contributed by atoms with van der Waals surface area (Å²) in [5.41, 5.74) is 1.29. The fourth-order valence-electron chi connectivity index (χ4n) is 7.79. The molecule has 4 aliphatic carbocycles. The molecule has 4 bridgehead atoms. The molecule has 0 aromatic heterocycles. The Morgan fingerprint density at radius 3 is 2.20 bits per heavy atom. The van der Waals surface area contributed by atoms with Crippen molar-refractivity contribution < 1.29 is 18.8 Å². The van der Waals surface area contributed by atoms with Gasteiger partial charge in [-0.15, -0.1) is 0 Å². The van der Waals surface area contributed by atoms with Crippen molar-refractivity contribution in [1.82, 2.24) is 0 Å². The van der Waals surface area contributed by atoms with Gasteiger partial charge in [0.25, 0.3) is 0 Å². The maximum atomic E-state index is 12.8. The average molecular weight is 421 g/mol. The van der Waals surface area contributed by atoms with Gasteiger partial charge in [0, 0.05) is 5.92 Å². The molecule has 0 spiro atoms. The highest BCUT2D eigenvalue weighted by molar-refractivity contribution is 5.71. The van der Waals surface area contributed by atoms with Crippen molar-refractivity contribution >= 4 is 5.97 Å². The summed E-state index contributed by atoms with van der Waals surface area (Å²) >= 11 is 0. The smallest absolute Gasteiger partial charge is 0.362 e. The summed E-state index contributed by atoms with van der Waals surface area (Å²) in [6.07, 6.45) is 7.84. The minimum absolute atomic E-state index is 0.0371. The van der Waals surface area contributed by atoms with Gasteiger partial charge in [-0.25, -0.2) is 4.79 Å². The second-order valence-corrected chi connectivity index (χ2v) is 13.4. The van der Waals surface area contributed by atoms with Gasteiger partial charge in [0.05, 0.1) is 26.8 Å². The number of fused-ring (bicyclic) bond motifs is 4. The first-order valence-electron chi connectivity index (χ1n) is 12.4. The van der Waals surface area contributed by atoms with Crippen LogP contribution in [0.2, 0.25) is 0 Å². The van der Waals surface area contributed by atoms with Crippen LogP contribution in [0, 0.1) is 33.5 Å². The van der Waals surface area contributed by atoms with E-state index in [-0.39, 0.29) is 17.5 Å². The van der Waals surface area contributed by atoms with Gasteiger partial charge in [-0.05, 0) is 66.1 Å². The number of ether oxygens (including phenoxy) is 2. The number of nitrogens with zero attached hydrogens (tertiary/aromatic N) is 1. The first-order valence-corrected chi connectivity index (χ1v) is 12.4. The normalized spacial score (nSPS) is 43.3. The van der Waals surface area contributed by atoms with Crippen molar-refractivity contribution in [3.63, 3.8) is 0 Å². The van der Waals surface area contributed by atoms with Crippen LogP contribution in [0.5, 0.6) is 0 Å². The van der Waals surface area contributed by atoms with E-state index in [0.29, 0.717) is 39.3 Å². The molecule has 0 radical (unpaired) electrons. The molecule has 0 saturated heterocycles. The van der Waals surface area contributed by atoms with E-state index >= 15 is 0 Å². The second-order valence-electron chi connectivity index (χ2n) is 13.4. The predicted molar refractivity (Wildman–Crippen MR) is 120 cm³/mol. The van der Waals surface area contributed by atoms with Gasteiger partial charge < -0.3 is 14.0 Å². The van der Waals surface area contributed by atoms with Crippen LogP contribution in [0.1, 0.15) is 80.1 Å². The molecule has 6 atom stereocenters. The predicted octanol–water partition coefficient (Wildman–Crippen LogP) is 5.05. The summed E-state index contributed by atoms with van der Waals surface area (Å²) in [7, 11) is 4.26. The summed E-state index contributed by atoms with van der Waals surface area (Å²) in [5, 5.41) is 0. The molecule has 0 aromatic carbocycles. The van der Waals surface area contributed by atoms with E-state index in [0.717, 1.165) is 25.5 Å². The lowest BCUT2D eigenvalue weighted by Crippen LogP contribution is -2.48. The van der Waals surface area contributed by atoms with Gasteiger partial charge in [0.15, 0.2) is 6.54 Å². The first kappa shape index (κ1) is 22.6. The van der Waals surface area contributed by atoms with Crippen LogP contribution >= 0.6 is 0 Å². The Bertz CT molecular complexity index is 696. The van der Waals surface area contributed by atoms with Crippen molar-refractivity contribution in [2.45, 2.75) is 92.3 Å². The van der Waals surface area contributed by atoms with Gasteiger partial charge in [0.2, 0.25) is 0 Å². The molecule has 172 valence electrons. The number of carbonyl (C=O) groups excluding carboxylic acids is 1. The fraction of sp³-hybridized carbons (Fsp3) is 0.962. The lowest BCUT2D eigenvalue weighted by atomic mass is 9.70. The van der Waals surface area contributed by atoms with Crippen molar-refractivity contribution in [1.29, 1.82) is 0 Å². The number of hydrogen-bond donors (Lipinski definition) is 0. The van der Waals surface area contributed by atoms with E-state index in [1.807, 2.05) is 0 Å². The maximum absolute atomic E-state index is 12.8. The third kappa shape index (κ3) is 3.27. The minimum atomic E-state index is -0.0371. The highest BCUT2D eigenvalue weighted by Crippen LogP contribution is 2.67. The Hall–Kier alpha value is -0.610. The minimum Gasteiger partial charge on any atom is -0.458 e. The van der Waals surface area contributed by atoms with E-state index in [9.17, 15) is 4.79 Å². The molecule has 0 aromatic rings. The standard InChI is InChI=1S/C26H46NO3/c1-23(2)18-9-12-26(23,6)21(15-18)29-14-13-27(7,8)17-22(28)30-20-16-25(5)11-10-19(20)24(25,3)4/h18-21H,9-17H2,1-8H3/q+1/t18-,19+,20-,21-,25+,26-/m1/s1. The van der Waals surface area contributed by atoms with Gasteiger partial charge in [-0.3, -0.25) is 0 Å². The maximum Gasteiger partial charge on any atom is 0.362 e. The van der Waals surface area contributed by atoms with Crippen molar-refractivity contribution in [2.24, 2.45) is 33.5 Å². The van der Waals surface area contributed by atoms with Crippen LogP contribution in [0.4, 0.5) is 0 Å². The molecule has 4 aliphatic rings. The van der Waals surface area contributed by atoms with Gasteiger partial charge in [-0.1, -0.05) is 41.5 Å². The number of quaternary nitrogens is 1. The third-order valence-corrected chi connectivity index (χ3v) is 11.2. The Kier molecular flexibility index (Phi) is 5.22. The molecule has 4 rings (SSSR count). The number of hydrogen-bond acceptors (Lipinski definition) is 3. The molecule has 0 heterocycles. The second kappa shape index (κ2) is 6.94. The summed E-state index contributed by atoms with van der Waals surface area (Å²) in [5.74, 6) is 1.29. The summed E-state index contributed by atoms with van der Waals surface area (Å²) in [6, 6.07) is 0. The van der Waals surface area contributed by atoms with Gasteiger partial charge >= 0.3 is 5.97 Å². The number of esters is 1. The van der Waals surface area contributed by atoms with E-state index < -0.39 is 0 Å². The van der Waals surface area contributed by atoms with Crippen molar-refractivity contribution in [3.8, 4) is 0 Å². The Morgan fingerprint density at radius 2 is 1.70 bits per heavy atom. The number of likely N-dealkylation sites (N-methyl/N-ethyl adjacent to an activating group) is 1. The molecule has 0 unspecified atom stereocenters. The topological polar surface area (TPSA) is 35.5 Å². The first-order chi connectivity index (χ1) is 13.7. The van der Waals surface area contributed by atoms with Crippen molar-refractivity contribution in [3.05, 3.63) is 0 Å². The highest BCUT2D eigenvalue weighted by Gasteiger charge is 2.63. The molecular formula is C26H46NO3+. The molecule has 4 saturated carbocycles. The monoisotopic (exact) mass is 420 g/mol. The quantitative estimate of drug-likeness (QED) is 0.427. The molecular weight excluding hydrogens is 374 g/mol. The van der Waals surface area contributed by atoms with Gasteiger partial charge in [0.1, 0.15) is 12.6 Å². The lowest BCUT2D eigenvalue weighted by Gasteiger charge is -2.39. The van der Waals surface area contributed by atoms with Gasteiger partial charge in [-0.2, -0.15) is 0 Å². The third-order valence-electron chi connectivity index (χ3n) is 11.2. The zero-order chi connectivity index (χ0) is 22.2. The molecule has 0 N–H and O–H groups in total. The van der Waals surface area contributed by atoms with Crippen LogP contribution in [0.25, 0.3) is 0 Å². The van der Waals surface area contributed by atoms with E-state index in [2.05, 4.69) is 55.6 Å². The molecule has 4 nitrogen and oxygen atoms in total. The Labute approximate surface area is 184 Å². The van der Waals surface area contributed by atoms with E-state index in [1.165, 1.54) is 32.1 Å².